The first-order valence-corrected chi connectivity index (χ1v) is 7.00. The number of amides is 1. The first-order valence-electron chi connectivity index (χ1n) is 7.00. The van der Waals surface area contributed by atoms with E-state index in [0.717, 1.165) is 31.7 Å². The predicted octanol–water partition coefficient (Wildman–Crippen LogP) is 1.22. The minimum Gasteiger partial charge on any atom is -0.337 e. The van der Waals surface area contributed by atoms with Gasteiger partial charge in [-0.3, -0.25) is 9.48 Å². The van der Waals surface area contributed by atoms with Gasteiger partial charge in [-0.05, 0) is 37.9 Å². The zero-order chi connectivity index (χ0) is 14.0. The van der Waals surface area contributed by atoms with Crippen LogP contribution in [-0.4, -0.2) is 47.3 Å². The Balaban J connectivity index is 2.06. The van der Waals surface area contributed by atoms with E-state index in [-0.39, 0.29) is 5.91 Å². The first kappa shape index (κ1) is 14.1. The molecular formula is C14H24N4O. The van der Waals surface area contributed by atoms with Gasteiger partial charge in [0, 0.05) is 25.8 Å². The normalized spacial score (nSPS) is 19.4. The third kappa shape index (κ3) is 2.97. The van der Waals surface area contributed by atoms with E-state index in [2.05, 4.69) is 24.3 Å². The number of carbonyl (C=O) groups is 1. The van der Waals surface area contributed by atoms with Gasteiger partial charge in [-0.25, -0.2) is 0 Å². The highest BCUT2D eigenvalue weighted by atomic mass is 16.2. The van der Waals surface area contributed by atoms with Gasteiger partial charge in [0.2, 0.25) is 0 Å². The third-order valence-electron chi connectivity index (χ3n) is 3.79. The lowest BCUT2D eigenvalue weighted by Gasteiger charge is -2.14. The monoisotopic (exact) mass is 264 g/mol. The second-order valence-corrected chi connectivity index (χ2v) is 5.70. The summed E-state index contributed by atoms with van der Waals surface area (Å²) in [5, 5.41) is 7.54. The van der Waals surface area contributed by atoms with Crippen molar-refractivity contribution in [3.63, 3.8) is 0 Å². The zero-order valence-corrected chi connectivity index (χ0v) is 12.3. The van der Waals surface area contributed by atoms with Crippen molar-refractivity contribution in [2.75, 3.05) is 26.7 Å². The Morgan fingerprint density at radius 1 is 1.58 bits per heavy atom. The highest BCUT2D eigenvalue weighted by Gasteiger charge is 2.28. The van der Waals surface area contributed by atoms with Crippen LogP contribution in [0.1, 0.15) is 42.4 Å². The maximum atomic E-state index is 12.4. The molecule has 19 heavy (non-hydrogen) atoms. The predicted molar refractivity (Wildman–Crippen MR) is 75.2 cm³/mol. The van der Waals surface area contributed by atoms with Crippen LogP contribution in [0.4, 0.5) is 0 Å². The highest BCUT2D eigenvalue weighted by Crippen LogP contribution is 2.20. The molecule has 0 aliphatic carbocycles. The largest absolute Gasteiger partial charge is 0.337 e. The number of rotatable bonds is 4. The maximum Gasteiger partial charge on any atom is 0.274 e. The summed E-state index contributed by atoms with van der Waals surface area (Å²) in [6.07, 6.45) is 1.08. The number of aromatic nitrogens is 2. The van der Waals surface area contributed by atoms with Crippen LogP contribution < -0.4 is 5.32 Å². The number of carbonyl (C=O) groups excluding carboxylic acids is 1. The Morgan fingerprint density at radius 3 is 2.89 bits per heavy atom. The van der Waals surface area contributed by atoms with E-state index < -0.39 is 0 Å². The molecule has 1 unspecified atom stereocenters. The van der Waals surface area contributed by atoms with Crippen molar-refractivity contribution in [3.8, 4) is 0 Å². The molecule has 0 aromatic carbocycles. The summed E-state index contributed by atoms with van der Waals surface area (Å²) >= 11 is 0. The van der Waals surface area contributed by atoms with Gasteiger partial charge in [0.25, 0.3) is 5.91 Å². The van der Waals surface area contributed by atoms with E-state index in [1.54, 1.807) is 0 Å². The molecule has 5 heteroatoms. The van der Waals surface area contributed by atoms with Gasteiger partial charge in [-0.2, -0.15) is 5.10 Å². The van der Waals surface area contributed by atoms with Crippen LogP contribution in [-0.2, 0) is 7.05 Å². The van der Waals surface area contributed by atoms with E-state index in [0.29, 0.717) is 17.5 Å². The molecule has 1 aromatic heterocycles. The summed E-state index contributed by atoms with van der Waals surface area (Å²) in [5.41, 5.74) is 1.69. The fourth-order valence-corrected chi connectivity index (χ4v) is 2.76. The van der Waals surface area contributed by atoms with Crippen molar-refractivity contribution in [1.29, 1.82) is 0 Å². The molecule has 5 nitrogen and oxygen atoms in total. The van der Waals surface area contributed by atoms with E-state index in [1.807, 2.05) is 29.7 Å². The van der Waals surface area contributed by atoms with E-state index in [1.165, 1.54) is 0 Å². The third-order valence-corrected chi connectivity index (χ3v) is 3.79. The Kier molecular flexibility index (Phi) is 4.24. The molecule has 0 radical (unpaired) electrons. The molecule has 1 amide bonds. The average molecular weight is 264 g/mol. The number of aryl methyl sites for hydroxylation is 1. The molecule has 1 atom stereocenters. The molecule has 0 bridgehead atoms. The summed E-state index contributed by atoms with van der Waals surface area (Å²) in [6.45, 7) is 6.89. The average Bonchev–Trinajstić information content (AvgIpc) is 2.95. The molecule has 1 aliphatic heterocycles. The number of nitrogens with one attached hydrogen (secondary N) is 1. The second kappa shape index (κ2) is 5.74. The van der Waals surface area contributed by atoms with Crippen LogP contribution in [0.2, 0.25) is 0 Å². The molecule has 1 aliphatic rings. The van der Waals surface area contributed by atoms with Crippen molar-refractivity contribution in [3.05, 3.63) is 17.5 Å². The molecule has 2 heterocycles. The highest BCUT2D eigenvalue weighted by molar-refractivity contribution is 5.92. The van der Waals surface area contributed by atoms with Crippen LogP contribution >= 0.6 is 0 Å². The van der Waals surface area contributed by atoms with Gasteiger partial charge < -0.3 is 10.2 Å². The minimum atomic E-state index is 0.0705. The van der Waals surface area contributed by atoms with Gasteiger partial charge in [0.05, 0.1) is 0 Å². The summed E-state index contributed by atoms with van der Waals surface area (Å²) in [4.78, 5) is 14.3. The second-order valence-electron chi connectivity index (χ2n) is 5.70. The molecule has 0 saturated carbocycles. The van der Waals surface area contributed by atoms with Crippen LogP contribution in [0.25, 0.3) is 0 Å². The lowest BCUT2D eigenvalue weighted by atomic mass is 10.1. The molecule has 0 spiro atoms. The maximum absolute atomic E-state index is 12.4. The summed E-state index contributed by atoms with van der Waals surface area (Å²) < 4.78 is 1.82. The Bertz CT molecular complexity index is 452. The minimum absolute atomic E-state index is 0.0705. The van der Waals surface area contributed by atoms with Crippen molar-refractivity contribution < 1.29 is 4.79 Å². The SMILES string of the molecule is CNCC1CCN(C(=O)c2cc(C(C)C)n(C)n2)C1. The molecule has 106 valence electrons. The van der Waals surface area contributed by atoms with Crippen molar-refractivity contribution in [2.24, 2.45) is 13.0 Å². The van der Waals surface area contributed by atoms with Gasteiger partial charge in [0.15, 0.2) is 5.69 Å². The molecule has 1 saturated heterocycles. The summed E-state index contributed by atoms with van der Waals surface area (Å²) in [5.74, 6) is 1.03. The molecule has 2 rings (SSSR count). The van der Waals surface area contributed by atoms with Crippen molar-refractivity contribution in [2.45, 2.75) is 26.2 Å². The fourth-order valence-electron chi connectivity index (χ4n) is 2.76. The standard InChI is InChI=1S/C14H24N4O/c1-10(2)13-7-12(16-17(13)4)14(19)18-6-5-11(9-18)8-15-3/h7,10-11,15H,5-6,8-9H2,1-4H3. The van der Waals surface area contributed by atoms with Crippen LogP contribution in [0, 0.1) is 5.92 Å². The Morgan fingerprint density at radius 2 is 2.32 bits per heavy atom. The lowest BCUT2D eigenvalue weighted by molar-refractivity contribution is 0.0780. The molecule has 1 fully saturated rings. The van der Waals surface area contributed by atoms with Crippen LogP contribution in [0.3, 0.4) is 0 Å². The zero-order valence-electron chi connectivity index (χ0n) is 12.3. The Labute approximate surface area is 115 Å². The van der Waals surface area contributed by atoms with Gasteiger partial charge in [0.1, 0.15) is 0 Å². The van der Waals surface area contributed by atoms with Gasteiger partial charge >= 0.3 is 0 Å². The molecule has 1 N–H and O–H groups in total. The number of hydrogen-bond donors (Lipinski definition) is 1. The number of likely N-dealkylation sites (tertiary alicyclic amines) is 1. The quantitative estimate of drug-likeness (QED) is 0.889. The van der Waals surface area contributed by atoms with Crippen LogP contribution in [0.5, 0.6) is 0 Å². The van der Waals surface area contributed by atoms with Crippen molar-refractivity contribution in [1.82, 2.24) is 20.0 Å². The Hall–Kier alpha value is -1.36. The number of hydrogen-bond acceptors (Lipinski definition) is 3. The smallest absolute Gasteiger partial charge is 0.274 e. The van der Waals surface area contributed by atoms with E-state index in [9.17, 15) is 4.79 Å². The number of nitrogens with zero attached hydrogens (tertiary/aromatic N) is 3. The summed E-state index contributed by atoms with van der Waals surface area (Å²) in [6, 6.07) is 1.93. The first-order chi connectivity index (χ1) is 9.02. The van der Waals surface area contributed by atoms with E-state index >= 15 is 0 Å². The lowest BCUT2D eigenvalue weighted by Crippen LogP contribution is -2.30. The van der Waals surface area contributed by atoms with Gasteiger partial charge in [-0.15, -0.1) is 0 Å². The van der Waals surface area contributed by atoms with Gasteiger partial charge in [-0.1, -0.05) is 13.8 Å². The van der Waals surface area contributed by atoms with Crippen LogP contribution in [0.15, 0.2) is 6.07 Å². The summed E-state index contributed by atoms with van der Waals surface area (Å²) in [7, 11) is 3.86. The fraction of sp³-hybridized carbons (Fsp3) is 0.714. The topological polar surface area (TPSA) is 50.2 Å². The van der Waals surface area contributed by atoms with Crippen molar-refractivity contribution >= 4 is 5.91 Å². The molecule has 1 aromatic rings. The molecular weight excluding hydrogens is 240 g/mol. The van der Waals surface area contributed by atoms with E-state index in [4.69, 9.17) is 0 Å².